The van der Waals surface area contributed by atoms with Crippen molar-refractivity contribution in [2.45, 2.75) is 24.1 Å². The Hall–Kier alpha value is -1.52. The molecule has 1 amide bonds. The molecule has 3 N–H and O–H groups in total. The fourth-order valence-corrected chi connectivity index (χ4v) is 3.90. The summed E-state index contributed by atoms with van der Waals surface area (Å²) in [6.45, 7) is 3.29. The minimum atomic E-state index is -4.09. The van der Waals surface area contributed by atoms with Gasteiger partial charge in [0, 0.05) is 0 Å². The van der Waals surface area contributed by atoms with Gasteiger partial charge in [-0.25, -0.2) is 18.2 Å². The zero-order chi connectivity index (χ0) is 15.5. The van der Waals surface area contributed by atoms with Crippen LogP contribution in [0.5, 0.6) is 0 Å². The Morgan fingerprint density at radius 2 is 2.05 bits per heavy atom. The maximum atomic E-state index is 12.2. The number of nitrogens with zero attached hydrogens (tertiary/aromatic N) is 1. The Morgan fingerprint density at radius 1 is 1.45 bits per heavy atom. The van der Waals surface area contributed by atoms with Gasteiger partial charge in [0.25, 0.3) is 10.0 Å². The van der Waals surface area contributed by atoms with Crippen LogP contribution in [0.3, 0.4) is 0 Å². The standard InChI is InChI=1S/C10H15N3O5S2/c1-5(2)6(8(11)14)13-20(16,17)10-7(9(15)18-3)12-4-19-10/h4-6,13H,1-3H3,(H2,11,14). The van der Waals surface area contributed by atoms with E-state index in [4.69, 9.17) is 5.73 Å². The lowest BCUT2D eigenvalue weighted by Crippen LogP contribution is -2.47. The van der Waals surface area contributed by atoms with Crippen LogP contribution >= 0.6 is 11.3 Å². The lowest BCUT2D eigenvalue weighted by Gasteiger charge is -2.18. The number of carbonyl (C=O) groups excluding carboxylic acids is 2. The van der Waals surface area contributed by atoms with Gasteiger partial charge in [-0.1, -0.05) is 13.8 Å². The summed E-state index contributed by atoms with van der Waals surface area (Å²) in [6, 6.07) is -1.08. The van der Waals surface area contributed by atoms with Gasteiger partial charge in [0.15, 0.2) is 9.90 Å². The van der Waals surface area contributed by atoms with Crippen molar-refractivity contribution in [3.8, 4) is 0 Å². The van der Waals surface area contributed by atoms with Gasteiger partial charge in [-0.3, -0.25) is 4.79 Å². The molecule has 0 aliphatic carbocycles. The second-order valence-corrected chi connectivity index (χ2v) is 6.99. The number of carbonyl (C=O) groups is 2. The van der Waals surface area contributed by atoms with E-state index in [0.29, 0.717) is 0 Å². The number of esters is 1. The number of thiazole rings is 1. The van der Waals surface area contributed by atoms with Crippen molar-refractivity contribution in [2.24, 2.45) is 11.7 Å². The van der Waals surface area contributed by atoms with Crippen LogP contribution in [0.1, 0.15) is 24.3 Å². The topological polar surface area (TPSA) is 128 Å². The van der Waals surface area contributed by atoms with Gasteiger partial charge in [-0.05, 0) is 5.92 Å². The number of primary amides is 1. The van der Waals surface area contributed by atoms with Crippen molar-refractivity contribution in [1.29, 1.82) is 0 Å². The molecule has 0 spiro atoms. The quantitative estimate of drug-likeness (QED) is 0.693. The van der Waals surface area contributed by atoms with Crippen LogP contribution in [0.25, 0.3) is 0 Å². The maximum absolute atomic E-state index is 12.2. The van der Waals surface area contributed by atoms with Gasteiger partial charge in [0.2, 0.25) is 5.91 Å². The first-order valence-electron chi connectivity index (χ1n) is 5.54. The summed E-state index contributed by atoms with van der Waals surface area (Å²) in [7, 11) is -2.97. The van der Waals surface area contributed by atoms with E-state index in [1.165, 1.54) is 5.51 Å². The van der Waals surface area contributed by atoms with E-state index in [1.54, 1.807) is 13.8 Å². The number of aromatic nitrogens is 1. The molecule has 0 saturated heterocycles. The number of nitrogens with one attached hydrogen (secondary N) is 1. The molecule has 0 aliphatic rings. The van der Waals surface area contributed by atoms with E-state index < -0.39 is 27.9 Å². The third-order valence-electron chi connectivity index (χ3n) is 2.41. The van der Waals surface area contributed by atoms with Crippen LogP contribution in [-0.4, -0.2) is 38.4 Å². The Labute approximate surface area is 120 Å². The van der Waals surface area contributed by atoms with Gasteiger partial charge < -0.3 is 10.5 Å². The highest BCUT2D eigenvalue weighted by atomic mass is 32.2. The minimum Gasteiger partial charge on any atom is -0.464 e. The van der Waals surface area contributed by atoms with Crippen molar-refractivity contribution in [3.05, 3.63) is 11.2 Å². The number of hydrogen-bond acceptors (Lipinski definition) is 7. The third-order valence-corrected chi connectivity index (χ3v) is 5.22. The van der Waals surface area contributed by atoms with Crippen molar-refractivity contribution >= 4 is 33.2 Å². The van der Waals surface area contributed by atoms with Crippen molar-refractivity contribution < 1.29 is 22.7 Å². The average Bonchev–Trinajstić information content (AvgIpc) is 2.84. The fourth-order valence-electron chi connectivity index (χ4n) is 1.40. The zero-order valence-corrected chi connectivity index (χ0v) is 12.7. The first-order valence-corrected chi connectivity index (χ1v) is 7.90. The van der Waals surface area contributed by atoms with E-state index in [0.717, 1.165) is 18.4 Å². The Morgan fingerprint density at radius 3 is 2.50 bits per heavy atom. The first kappa shape index (κ1) is 16.5. The molecule has 0 radical (unpaired) electrons. The molecule has 20 heavy (non-hydrogen) atoms. The summed E-state index contributed by atoms with van der Waals surface area (Å²) in [6.07, 6.45) is 0. The zero-order valence-electron chi connectivity index (χ0n) is 11.1. The van der Waals surface area contributed by atoms with Crippen molar-refractivity contribution in [1.82, 2.24) is 9.71 Å². The van der Waals surface area contributed by atoms with Crippen LogP contribution < -0.4 is 10.5 Å². The Bertz CT molecular complexity index is 608. The summed E-state index contributed by atoms with van der Waals surface area (Å²) in [4.78, 5) is 26.3. The molecule has 0 bridgehead atoms. The molecular formula is C10H15N3O5S2. The second kappa shape index (κ2) is 6.29. The smallest absolute Gasteiger partial charge is 0.358 e. The Kier molecular flexibility index (Phi) is 5.20. The van der Waals surface area contributed by atoms with Gasteiger partial charge >= 0.3 is 5.97 Å². The van der Waals surface area contributed by atoms with Crippen LogP contribution in [0.15, 0.2) is 9.72 Å². The van der Waals surface area contributed by atoms with Gasteiger partial charge in [0.1, 0.15) is 6.04 Å². The number of nitrogens with two attached hydrogens (primary N) is 1. The molecule has 1 aromatic rings. The molecule has 0 aliphatic heterocycles. The normalized spacial score (nSPS) is 13.2. The van der Waals surface area contributed by atoms with E-state index in [-0.39, 0.29) is 15.8 Å². The monoisotopic (exact) mass is 321 g/mol. The highest BCUT2D eigenvalue weighted by molar-refractivity contribution is 7.91. The summed E-state index contributed by atoms with van der Waals surface area (Å²) in [5.41, 5.74) is 6.03. The Balaban J connectivity index is 3.15. The van der Waals surface area contributed by atoms with Crippen LogP contribution in [0.4, 0.5) is 0 Å². The molecule has 1 atom stereocenters. The molecular weight excluding hydrogens is 306 g/mol. The van der Waals surface area contributed by atoms with Gasteiger partial charge in [-0.2, -0.15) is 4.72 Å². The highest BCUT2D eigenvalue weighted by Crippen LogP contribution is 2.21. The maximum Gasteiger partial charge on any atom is 0.358 e. The van der Waals surface area contributed by atoms with E-state index in [2.05, 4.69) is 14.4 Å². The number of rotatable bonds is 6. The SMILES string of the molecule is COC(=O)c1ncsc1S(=O)(=O)NC(C(N)=O)C(C)C. The predicted octanol–water partition coefficient (Wildman–Crippen LogP) is -0.282. The van der Waals surface area contributed by atoms with E-state index in [9.17, 15) is 18.0 Å². The van der Waals surface area contributed by atoms with E-state index in [1.807, 2.05) is 0 Å². The van der Waals surface area contributed by atoms with E-state index >= 15 is 0 Å². The largest absolute Gasteiger partial charge is 0.464 e. The second-order valence-electron chi connectivity index (χ2n) is 4.23. The summed E-state index contributed by atoms with van der Waals surface area (Å²) in [5.74, 6) is -2.00. The van der Waals surface area contributed by atoms with Crippen LogP contribution in [0, 0.1) is 5.92 Å². The number of methoxy groups -OCH3 is 1. The van der Waals surface area contributed by atoms with Crippen molar-refractivity contribution in [2.75, 3.05) is 7.11 Å². The summed E-state index contributed by atoms with van der Waals surface area (Å²) in [5, 5.41) is 0. The average molecular weight is 321 g/mol. The number of sulfonamides is 1. The summed E-state index contributed by atoms with van der Waals surface area (Å²) < 4.78 is 30.7. The molecule has 10 heteroatoms. The lowest BCUT2D eigenvalue weighted by atomic mass is 10.1. The van der Waals surface area contributed by atoms with Crippen molar-refractivity contribution in [3.63, 3.8) is 0 Å². The highest BCUT2D eigenvalue weighted by Gasteiger charge is 2.31. The molecule has 1 rings (SSSR count). The van der Waals surface area contributed by atoms with Gasteiger partial charge in [0.05, 0.1) is 12.6 Å². The first-order chi connectivity index (χ1) is 9.20. The predicted molar refractivity (Wildman–Crippen MR) is 71.6 cm³/mol. The number of hydrogen-bond donors (Lipinski definition) is 2. The number of amides is 1. The molecule has 1 unspecified atom stereocenters. The molecule has 1 heterocycles. The fraction of sp³-hybridized carbons (Fsp3) is 0.500. The van der Waals surface area contributed by atoms with Crippen LogP contribution in [-0.2, 0) is 19.6 Å². The molecule has 0 saturated carbocycles. The molecule has 112 valence electrons. The molecule has 1 aromatic heterocycles. The minimum absolute atomic E-state index is 0.309. The molecule has 0 aromatic carbocycles. The number of ether oxygens (including phenoxy) is 1. The molecule has 0 fully saturated rings. The van der Waals surface area contributed by atoms with Gasteiger partial charge in [-0.15, -0.1) is 11.3 Å². The summed E-state index contributed by atoms with van der Waals surface area (Å²) >= 11 is 0.751. The van der Waals surface area contributed by atoms with Crippen LogP contribution in [0.2, 0.25) is 0 Å². The third kappa shape index (κ3) is 3.52. The molecule has 8 nitrogen and oxygen atoms in total. The lowest BCUT2D eigenvalue weighted by molar-refractivity contribution is -0.120.